The van der Waals surface area contributed by atoms with E-state index in [4.69, 9.17) is 11.6 Å². The van der Waals surface area contributed by atoms with E-state index in [1.165, 1.54) is 30.4 Å². The fourth-order valence-corrected chi connectivity index (χ4v) is 2.44. The molecule has 0 heterocycles. The highest BCUT2D eigenvalue weighted by Gasteiger charge is 2.23. The first-order valence-electron chi connectivity index (χ1n) is 4.86. The molecule has 0 aliphatic heterocycles. The van der Waals surface area contributed by atoms with Crippen molar-refractivity contribution >= 4 is 16.8 Å². The molecule has 0 saturated carbocycles. The summed E-state index contributed by atoms with van der Waals surface area (Å²) >= 11 is 5.39. The summed E-state index contributed by atoms with van der Waals surface area (Å²) in [5.74, 6) is 0.320. The third-order valence-corrected chi connectivity index (χ3v) is 3.07. The first-order chi connectivity index (χ1) is 6.27. The van der Waals surface area contributed by atoms with Gasteiger partial charge in [0.1, 0.15) is 0 Å². The van der Waals surface area contributed by atoms with E-state index >= 15 is 0 Å². The summed E-state index contributed by atoms with van der Waals surface area (Å²) in [6.07, 6.45) is 9.72. The molecule has 2 aliphatic carbocycles. The molecular formula is C11H13ClO. The highest BCUT2D eigenvalue weighted by atomic mass is 35.5. The second kappa shape index (κ2) is 3.67. The second-order valence-corrected chi connectivity index (χ2v) is 4.20. The van der Waals surface area contributed by atoms with Crippen molar-refractivity contribution in [1.82, 2.24) is 0 Å². The molecule has 0 aromatic heterocycles. The normalized spacial score (nSPS) is 26.4. The van der Waals surface area contributed by atoms with Crippen LogP contribution in [0.4, 0.5) is 0 Å². The first kappa shape index (κ1) is 9.01. The minimum absolute atomic E-state index is 0.214. The van der Waals surface area contributed by atoms with Crippen LogP contribution in [0.3, 0.4) is 0 Å². The van der Waals surface area contributed by atoms with Gasteiger partial charge >= 0.3 is 0 Å². The van der Waals surface area contributed by atoms with Gasteiger partial charge in [-0.3, -0.25) is 4.79 Å². The molecule has 0 radical (unpaired) electrons. The van der Waals surface area contributed by atoms with Crippen LogP contribution in [-0.2, 0) is 4.79 Å². The molecule has 1 nitrogen and oxygen atoms in total. The van der Waals surface area contributed by atoms with Crippen molar-refractivity contribution in [1.29, 1.82) is 0 Å². The highest BCUT2D eigenvalue weighted by Crippen LogP contribution is 2.37. The standard InChI is InChI=1S/C11H13ClO/c12-11(13)7-9-6-5-8-3-1-2-4-10(8)9/h5-6,9H,1-4,7H2. The molecule has 0 spiro atoms. The van der Waals surface area contributed by atoms with Gasteiger partial charge in [0.05, 0.1) is 0 Å². The summed E-state index contributed by atoms with van der Waals surface area (Å²) in [6.45, 7) is 0. The van der Waals surface area contributed by atoms with Crippen LogP contribution < -0.4 is 0 Å². The van der Waals surface area contributed by atoms with E-state index in [0.29, 0.717) is 12.3 Å². The van der Waals surface area contributed by atoms with Crippen LogP contribution in [0.5, 0.6) is 0 Å². The van der Waals surface area contributed by atoms with E-state index < -0.39 is 0 Å². The van der Waals surface area contributed by atoms with Crippen LogP contribution in [0.1, 0.15) is 32.1 Å². The lowest BCUT2D eigenvalue weighted by molar-refractivity contribution is -0.112. The minimum atomic E-state index is -0.214. The van der Waals surface area contributed by atoms with Crippen molar-refractivity contribution in [2.45, 2.75) is 32.1 Å². The molecule has 70 valence electrons. The molecular weight excluding hydrogens is 184 g/mol. The summed E-state index contributed by atoms with van der Waals surface area (Å²) < 4.78 is 0. The summed E-state index contributed by atoms with van der Waals surface area (Å²) in [7, 11) is 0. The van der Waals surface area contributed by atoms with Crippen LogP contribution >= 0.6 is 11.6 Å². The molecule has 0 fully saturated rings. The molecule has 2 aliphatic rings. The Hall–Kier alpha value is -0.560. The number of carbonyl (C=O) groups excluding carboxylic acids is 1. The topological polar surface area (TPSA) is 17.1 Å². The van der Waals surface area contributed by atoms with E-state index in [1.54, 1.807) is 0 Å². The van der Waals surface area contributed by atoms with Gasteiger partial charge in [-0.2, -0.15) is 0 Å². The number of hydrogen-bond acceptors (Lipinski definition) is 1. The maximum absolute atomic E-state index is 10.8. The number of halogens is 1. The van der Waals surface area contributed by atoms with Crippen molar-refractivity contribution in [3.05, 3.63) is 23.3 Å². The zero-order valence-corrected chi connectivity index (χ0v) is 8.31. The van der Waals surface area contributed by atoms with Crippen molar-refractivity contribution in [3.63, 3.8) is 0 Å². The Morgan fingerprint density at radius 3 is 3.00 bits per heavy atom. The Morgan fingerprint density at radius 1 is 1.46 bits per heavy atom. The first-order valence-corrected chi connectivity index (χ1v) is 5.23. The SMILES string of the molecule is O=C(Cl)CC1C=CC2=C1CCCC2. The Morgan fingerprint density at radius 2 is 2.23 bits per heavy atom. The fourth-order valence-electron chi connectivity index (χ4n) is 2.28. The quantitative estimate of drug-likeness (QED) is 0.620. The Labute approximate surface area is 83.5 Å². The van der Waals surface area contributed by atoms with E-state index in [2.05, 4.69) is 12.2 Å². The number of rotatable bonds is 2. The average Bonchev–Trinajstić information content (AvgIpc) is 2.48. The maximum Gasteiger partial charge on any atom is 0.222 e. The second-order valence-electron chi connectivity index (χ2n) is 3.78. The number of hydrogen-bond donors (Lipinski definition) is 0. The molecule has 0 aromatic carbocycles. The van der Waals surface area contributed by atoms with Gasteiger partial charge in [0.25, 0.3) is 0 Å². The van der Waals surface area contributed by atoms with Gasteiger partial charge in [-0.05, 0) is 42.9 Å². The molecule has 2 heteroatoms. The zero-order chi connectivity index (χ0) is 9.26. The molecule has 1 atom stereocenters. The lowest BCUT2D eigenvalue weighted by Gasteiger charge is -2.18. The van der Waals surface area contributed by atoms with Crippen LogP contribution in [-0.4, -0.2) is 5.24 Å². The molecule has 13 heavy (non-hydrogen) atoms. The predicted octanol–water partition coefficient (Wildman–Crippen LogP) is 3.20. The predicted molar refractivity (Wildman–Crippen MR) is 53.6 cm³/mol. The molecule has 0 N–H and O–H groups in total. The summed E-state index contributed by atoms with van der Waals surface area (Å²) in [4.78, 5) is 10.8. The van der Waals surface area contributed by atoms with Gasteiger partial charge in [0.2, 0.25) is 5.24 Å². The van der Waals surface area contributed by atoms with Crippen molar-refractivity contribution in [2.75, 3.05) is 0 Å². The van der Waals surface area contributed by atoms with E-state index in [1.807, 2.05) is 0 Å². The van der Waals surface area contributed by atoms with Gasteiger partial charge in [0, 0.05) is 12.3 Å². The summed E-state index contributed by atoms with van der Waals surface area (Å²) in [6, 6.07) is 0. The van der Waals surface area contributed by atoms with Gasteiger partial charge in [-0.15, -0.1) is 0 Å². The Kier molecular flexibility index (Phi) is 2.54. The zero-order valence-electron chi connectivity index (χ0n) is 7.55. The maximum atomic E-state index is 10.8. The lowest BCUT2D eigenvalue weighted by atomic mass is 9.87. The molecule has 0 bridgehead atoms. The third-order valence-electron chi connectivity index (χ3n) is 2.91. The molecule has 1 unspecified atom stereocenters. The van der Waals surface area contributed by atoms with Crippen LogP contribution in [0.15, 0.2) is 23.3 Å². The largest absolute Gasteiger partial charge is 0.281 e. The lowest BCUT2D eigenvalue weighted by Crippen LogP contribution is -2.06. The number of carbonyl (C=O) groups is 1. The molecule has 0 aromatic rings. The number of allylic oxidation sites excluding steroid dienone is 4. The molecule has 2 rings (SSSR count). The summed E-state index contributed by atoms with van der Waals surface area (Å²) in [5.41, 5.74) is 2.94. The van der Waals surface area contributed by atoms with Crippen LogP contribution in [0.25, 0.3) is 0 Å². The summed E-state index contributed by atoms with van der Waals surface area (Å²) in [5, 5.41) is -0.214. The van der Waals surface area contributed by atoms with E-state index in [0.717, 1.165) is 6.42 Å². The Balaban J connectivity index is 2.11. The molecule has 0 amide bonds. The van der Waals surface area contributed by atoms with Crippen molar-refractivity contribution in [3.8, 4) is 0 Å². The minimum Gasteiger partial charge on any atom is -0.281 e. The highest BCUT2D eigenvalue weighted by molar-refractivity contribution is 6.63. The van der Waals surface area contributed by atoms with Crippen LogP contribution in [0.2, 0.25) is 0 Å². The fraction of sp³-hybridized carbons (Fsp3) is 0.545. The average molecular weight is 197 g/mol. The monoisotopic (exact) mass is 196 g/mol. The Bertz CT molecular complexity index is 288. The van der Waals surface area contributed by atoms with E-state index in [9.17, 15) is 4.79 Å². The third kappa shape index (κ3) is 1.86. The van der Waals surface area contributed by atoms with Gasteiger partial charge < -0.3 is 0 Å². The molecule has 0 saturated heterocycles. The smallest absolute Gasteiger partial charge is 0.222 e. The van der Waals surface area contributed by atoms with Crippen molar-refractivity contribution < 1.29 is 4.79 Å². The van der Waals surface area contributed by atoms with Crippen LogP contribution in [0, 0.1) is 5.92 Å². The van der Waals surface area contributed by atoms with E-state index in [-0.39, 0.29) is 5.24 Å². The van der Waals surface area contributed by atoms with Gasteiger partial charge in [-0.1, -0.05) is 17.7 Å². The van der Waals surface area contributed by atoms with Gasteiger partial charge in [-0.25, -0.2) is 0 Å². The van der Waals surface area contributed by atoms with Crippen molar-refractivity contribution in [2.24, 2.45) is 5.92 Å². The van der Waals surface area contributed by atoms with Gasteiger partial charge in [0.15, 0.2) is 0 Å².